The van der Waals surface area contributed by atoms with Gasteiger partial charge in [-0.1, -0.05) is 20.3 Å². The first kappa shape index (κ1) is 16.0. The zero-order valence-corrected chi connectivity index (χ0v) is 9.79. The van der Waals surface area contributed by atoms with Crippen LogP contribution in [0.1, 0.15) is 53.4 Å². The molecule has 0 aromatic carbocycles. The van der Waals surface area contributed by atoms with Gasteiger partial charge in [0.2, 0.25) is 0 Å². The molecule has 0 spiro atoms. The average molecular weight is 204 g/mol. The first-order valence-electron chi connectivity index (χ1n) is 5.27. The van der Waals surface area contributed by atoms with Crippen molar-refractivity contribution in [1.82, 2.24) is 0 Å². The number of rotatable bonds is 5. The maximum Gasteiger partial charge on any atom is 0.126 e. The predicted octanol–water partition coefficient (Wildman–Crippen LogP) is 1.90. The summed E-state index contributed by atoms with van der Waals surface area (Å²) in [5, 5.41) is 18.3. The fourth-order valence-electron chi connectivity index (χ4n) is 0.932. The van der Waals surface area contributed by atoms with Gasteiger partial charge in [-0.2, -0.15) is 0 Å². The highest BCUT2D eigenvalue weighted by atomic mass is 16.3. The SMILES string of the molecule is CC(C)=O.CCCC(O)CC(O)CC. The normalized spacial score (nSPS) is 13.9. The van der Waals surface area contributed by atoms with Crippen molar-refractivity contribution >= 4 is 5.78 Å². The molecule has 14 heavy (non-hydrogen) atoms. The standard InChI is InChI=1S/C8H18O2.C3H6O/c1-3-5-8(10)6-7(9)4-2;1-3(2)4/h7-10H,3-6H2,1-2H3;1-2H3. The van der Waals surface area contributed by atoms with E-state index in [0.29, 0.717) is 6.42 Å². The Morgan fingerprint density at radius 3 is 1.86 bits per heavy atom. The number of Topliss-reactive ketones (excluding diaryl/α,β-unsaturated/α-hetero) is 1. The molecule has 0 aromatic rings. The van der Waals surface area contributed by atoms with Crippen LogP contribution in [0.5, 0.6) is 0 Å². The van der Waals surface area contributed by atoms with E-state index in [0.717, 1.165) is 19.3 Å². The Balaban J connectivity index is 0. The third kappa shape index (κ3) is 17.6. The monoisotopic (exact) mass is 204 g/mol. The summed E-state index contributed by atoms with van der Waals surface area (Å²) in [4.78, 5) is 9.44. The van der Waals surface area contributed by atoms with Crippen molar-refractivity contribution < 1.29 is 15.0 Å². The van der Waals surface area contributed by atoms with Crippen molar-refractivity contribution in [2.24, 2.45) is 0 Å². The van der Waals surface area contributed by atoms with Gasteiger partial charge in [-0.25, -0.2) is 0 Å². The van der Waals surface area contributed by atoms with Crippen LogP contribution < -0.4 is 0 Å². The van der Waals surface area contributed by atoms with Crippen LogP contribution in [0.25, 0.3) is 0 Å². The van der Waals surface area contributed by atoms with Gasteiger partial charge in [0.05, 0.1) is 12.2 Å². The summed E-state index contributed by atoms with van der Waals surface area (Å²) in [6, 6.07) is 0. The second-order valence-corrected chi connectivity index (χ2v) is 3.65. The third-order valence-corrected chi connectivity index (χ3v) is 1.64. The van der Waals surface area contributed by atoms with E-state index in [1.54, 1.807) is 0 Å². The fourth-order valence-corrected chi connectivity index (χ4v) is 0.932. The molecule has 3 heteroatoms. The largest absolute Gasteiger partial charge is 0.393 e. The summed E-state index contributed by atoms with van der Waals surface area (Å²) in [7, 11) is 0. The first-order chi connectivity index (χ1) is 6.43. The van der Waals surface area contributed by atoms with Gasteiger partial charge in [-0.3, -0.25) is 0 Å². The number of hydrogen-bond donors (Lipinski definition) is 2. The quantitative estimate of drug-likeness (QED) is 0.719. The molecule has 0 aromatic heterocycles. The highest BCUT2D eigenvalue weighted by Crippen LogP contribution is 2.06. The van der Waals surface area contributed by atoms with Gasteiger partial charge in [-0.15, -0.1) is 0 Å². The molecule has 0 heterocycles. The van der Waals surface area contributed by atoms with Crippen LogP contribution in [0.3, 0.4) is 0 Å². The van der Waals surface area contributed by atoms with Crippen LogP contribution in [0, 0.1) is 0 Å². The number of ketones is 1. The van der Waals surface area contributed by atoms with Gasteiger partial charge in [0, 0.05) is 0 Å². The van der Waals surface area contributed by atoms with E-state index in [2.05, 4.69) is 0 Å². The third-order valence-electron chi connectivity index (χ3n) is 1.64. The summed E-state index contributed by atoms with van der Waals surface area (Å²) in [5.41, 5.74) is 0. The number of carbonyl (C=O) groups is 1. The lowest BCUT2D eigenvalue weighted by Crippen LogP contribution is -2.16. The molecule has 2 N–H and O–H groups in total. The van der Waals surface area contributed by atoms with E-state index in [4.69, 9.17) is 5.11 Å². The lowest BCUT2D eigenvalue weighted by Gasteiger charge is -2.12. The minimum absolute atomic E-state index is 0.167. The van der Waals surface area contributed by atoms with Gasteiger partial charge in [0.15, 0.2) is 0 Å². The highest BCUT2D eigenvalue weighted by Gasteiger charge is 2.08. The molecule has 0 saturated carbocycles. The molecule has 0 aliphatic heterocycles. The molecule has 2 unspecified atom stereocenters. The summed E-state index contributed by atoms with van der Waals surface area (Å²) in [6.45, 7) is 7.00. The minimum atomic E-state index is -0.318. The van der Waals surface area contributed by atoms with E-state index in [-0.39, 0.29) is 18.0 Å². The molecule has 0 aliphatic rings. The number of aliphatic hydroxyl groups excluding tert-OH is 2. The summed E-state index contributed by atoms with van der Waals surface area (Å²) in [5.74, 6) is 0.167. The van der Waals surface area contributed by atoms with Gasteiger partial charge in [0.1, 0.15) is 5.78 Å². The van der Waals surface area contributed by atoms with Crippen molar-refractivity contribution in [2.45, 2.75) is 65.6 Å². The summed E-state index contributed by atoms with van der Waals surface area (Å²) in [6.07, 6.45) is 2.43. The Hall–Kier alpha value is -0.410. The molecule has 3 nitrogen and oxygen atoms in total. The van der Waals surface area contributed by atoms with E-state index in [1.807, 2.05) is 13.8 Å². The smallest absolute Gasteiger partial charge is 0.126 e. The van der Waals surface area contributed by atoms with Crippen molar-refractivity contribution in [1.29, 1.82) is 0 Å². The van der Waals surface area contributed by atoms with Gasteiger partial charge >= 0.3 is 0 Å². The molecule has 0 rings (SSSR count). The van der Waals surface area contributed by atoms with E-state index < -0.39 is 0 Å². The topological polar surface area (TPSA) is 57.5 Å². The molecule has 0 aliphatic carbocycles. The zero-order chi connectivity index (χ0) is 11.6. The van der Waals surface area contributed by atoms with Crippen molar-refractivity contribution in [3.63, 3.8) is 0 Å². The Kier molecular flexibility index (Phi) is 12.2. The summed E-state index contributed by atoms with van der Waals surface area (Å²) >= 11 is 0. The molecule has 0 saturated heterocycles. The van der Waals surface area contributed by atoms with Crippen molar-refractivity contribution in [3.8, 4) is 0 Å². The molecule has 0 fully saturated rings. The Bertz CT molecular complexity index is 130. The molecular weight excluding hydrogens is 180 g/mol. The summed E-state index contributed by atoms with van der Waals surface area (Å²) < 4.78 is 0. The highest BCUT2D eigenvalue weighted by molar-refractivity contribution is 5.72. The van der Waals surface area contributed by atoms with Crippen LogP contribution in [0.2, 0.25) is 0 Å². The molecule has 2 atom stereocenters. The lowest BCUT2D eigenvalue weighted by atomic mass is 10.1. The zero-order valence-electron chi connectivity index (χ0n) is 9.79. The van der Waals surface area contributed by atoms with Crippen LogP contribution in [-0.4, -0.2) is 28.2 Å². The van der Waals surface area contributed by atoms with E-state index >= 15 is 0 Å². The number of aliphatic hydroxyl groups is 2. The van der Waals surface area contributed by atoms with Crippen molar-refractivity contribution in [3.05, 3.63) is 0 Å². The number of carbonyl (C=O) groups excluding carboxylic acids is 1. The fraction of sp³-hybridized carbons (Fsp3) is 0.909. The van der Waals surface area contributed by atoms with Crippen LogP contribution >= 0.6 is 0 Å². The van der Waals surface area contributed by atoms with E-state index in [9.17, 15) is 9.90 Å². The Morgan fingerprint density at radius 1 is 1.14 bits per heavy atom. The first-order valence-corrected chi connectivity index (χ1v) is 5.27. The molecular formula is C11H24O3. The maximum absolute atomic E-state index is 9.44. The molecule has 0 bridgehead atoms. The van der Waals surface area contributed by atoms with Crippen LogP contribution in [0.4, 0.5) is 0 Å². The molecule has 86 valence electrons. The predicted molar refractivity (Wildman–Crippen MR) is 58.2 cm³/mol. The molecule has 0 radical (unpaired) electrons. The van der Waals surface area contributed by atoms with Gasteiger partial charge in [0.25, 0.3) is 0 Å². The van der Waals surface area contributed by atoms with E-state index in [1.165, 1.54) is 13.8 Å². The second-order valence-electron chi connectivity index (χ2n) is 3.65. The van der Waals surface area contributed by atoms with Gasteiger partial charge in [-0.05, 0) is 33.1 Å². The van der Waals surface area contributed by atoms with Crippen LogP contribution in [-0.2, 0) is 4.79 Å². The Labute approximate surface area is 87.1 Å². The molecule has 0 amide bonds. The second kappa shape index (κ2) is 10.7. The van der Waals surface area contributed by atoms with Gasteiger partial charge < -0.3 is 15.0 Å². The Morgan fingerprint density at radius 2 is 1.57 bits per heavy atom. The number of hydrogen-bond acceptors (Lipinski definition) is 3. The average Bonchev–Trinajstić information content (AvgIpc) is 2.03. The lowest BCUT2D eigenvalue weighted by molar-refractivity contribution is -0.114. The maximum atomic E-state index is 9.44. The minimum Gasteiger partial charge on any atom is -0.393 e. The van der Waals surface area contributed by atoms with Crippen molar-refractivity contribution in [2.75, 3.05) is 0 Å². The van der Waals surface area contributed by atoms with Crippen LogP contribution in [0.15, 0.2) is 0 Å².